The Bertz CT molecular complexity index is 1060. The van der Waals surface area contributed by atoms with Crippen LogP contribution in [0.2, 0.25) is 0 Å². The number of aliphatic hydroxyl groups is 1. The van der Waals surface area contributed by atoms with Gasteiger partial charge < -0.3 is 14.4 Å². The lowest BCUT2D eigenvalue weighted by Gasteiger charge is -2.16. The van der Waals surface area contributed by atoms with Crippen molar-refractivity contribution in [1.82, 2.24) is 9.55 Å². The van der Waals surface area contributed by atoms with E-state index >= 15 is 0 Å². The van der Waals surface area contributed by atoms with Gasteiger partial charge in [0.1, 0.15) is 30.1 Å². The zero-order valence-corrected chi connectivity index (χ0v) is 16.0. The maximum Gasteiger partial charge on any atom is 0.123 e. The molecule has 4 rings (SSSR count). The molecule has 0 aliphatic heterocycles. The highest BCUT2D eigenvalue weighted by molar-refractivity contribution is 5.75. The zero-order valence-electron chi connectivity index (χ0n) is 16.0. The predicted molar refractivity (Wildman–Crippen MR) is 111 cm³/mol. The average molecular weight is 390 g/mol. The van der Waals surface area contributed by atoms with Gasteiger partial charge in [-0.15, -0.1) is 0 Å². The third-order valence-electron chi connectivity index (χ3n) is 4.86. The Morgan fingerprint density at radius 2 is 1.62 bits per heavy atom. The lowest BCUT2D eigenvalue weighted by Crippen LogP contribution is -2.24. The Morgan fingerprint density at radius 1 is 0.897 bits per heavy atom. The molecule has 0 amide bonds. The van der Waals surface area contributed by atoms with E-state index in [4.69, 9.17) is 9.72 Å². The predicted octanol–water partition coefficient (Wildman–Crippen LogP) is 4.40. The molecular weight excluding hydrogens is 367 g/mol. The SMILES string of the molecule is O[C@H](COc1ccc(F)cc1)Cn1c(CCc2ccccc2)nc2ccccc21. The van der Waals surface area contributed by atoms with E-state index in [9.17, 15) is 9.50 Å². The lowest BCUT2D eigenvalue weighted by molar-refractivity contribution is 0.0927. The van der Waals surface area contributed by atoms with Crippen LogP contribution in [-0.2, 0) is 19.4 Å². The van der Waals surface area contributed by atoms with Gasteiger partial charge >= 0.3 is 0 Å². The Balaban J connectivity index is 1.48. The van der Waals surface area contributed by atoms with E-state index in [-0.39, 0.29) is 12.4 Å². The van der Waals surface area contributed by atoms with E-state index in [0.717, 1.165) is 29.7 Å². The van der Waals surface area contributed by atoms with Crippen molar-refractivity contribution >= 4 is 11.0 Å². The van der Waals surface area contributed by atoms with Gasteiger partial charge in [0.15, 0.2) is 0 Å². The summed E-state index contributed by atoms with van der Waals surface area (Å²) in [6.45, 7) is 0.502. The van der Waals surface area contributed by atoms with Gasteiger partial charge in [0.05, 0.1) is 17.6 Å². The van der Waals surface area contributed by atoms with Gasteiger partial charge in [0.25, 0.3) is 0 Å². The summed E-state index contributed by atoms with van der Waals surface area (Å²) < 4.78 is 20.7. The highest BCUT2D eigenvalue weighted by atomic mass is 19.1. The smallest absolute Gasteiger partial charge is 0.123 e. The Hall–Kier alpha value is -3.18. The summed E-state index contributed by atoms with van der Waals surface area (Å²) in [6, 6.07) is 24.0. The van der Waals surface area contributed by atoms with E-state index in [2.05, 4.69) is 16.7 Å². The summed E-state index contributed by atoms with van der Waals surface area (Å²) in [5.74, 6) is 1.16. The zero-order chi connectivity index (χ0) is 20.1. The number of rotatable bonds is 8. The van der Waals surface area contributed by atoms with Crippen molar-refractivity contribution in [3.8, 4) is 5.75 Å². The molecule has 0 spiro atoms. The second-order valence-corrected chi connectivity index (χ2v) is 7.03. The molecule has 0 bridgehead atoms. The molecule has 0 saturated heterocycles. The van der Waals surface area contributed by atoms with Crippen LogP contribution in [0, 0.1) is 5.82 Å². The van der Waals surface area contributed by atoms with Crippen molar-refractivity contribution in [2.45, 2.75) is 25.5 Å². The van der Waals surface area contributed by atoms with Crippen LogP contribution in [0.5, 0.6) is 5.75 Å². The van der Waals surface area contributed by atoms with Gasteiger partial charge in [-0.05, 0) is 48.4 Å². The van der Waals surface area contributed by atoms with E-state index in [1.165, 1.54) is 17.7 Å². The minimum absolute atomic E-state index is 0.121. The molecule has 1 N–H and O–H groups in total. The molecule has 0 unspecified atom stereocenters. The number of hydrogen-bond donors (Lipinski definition) is 1. The van der Waals surface area contributed by atoms with Crippen molar-refractivity contribution in [1.29, 1.82) is 0 Å². The molecule has 4 aromatic rings. The Morgan fingerprint density at radius 3 is 2.41 bits per heavy atom. The maximum atomic E-state index is 13.0. The first-order chi connectivity index (χ1) is 14.2. The molecule has 0 aliphatic carbocycles. The summed E-state index contributed by atoms with van der Waals surface area (Å²) in [5, 5.41) is 10.6. The van der Waals surface area contributed by atoms with Crippen LogP contribution in [0.25, 0.3) is 11.0 Å². The van der Waals surface area contributed by atoms with Crippen molar-refractivity contribution in [2.75, 3.05) is 6.61 Å². The quantitative estimate of drug-likeness (QED) is 0.485. The van der Waals surface area contributed by atoms with Crippen LogP contribution in [-0.4, -0.2) is 27.4 Å². The number of hydrogen-bond acceptors (Lipinski definition) is 3. The Labute approximate surface area is 169 Å². The van der Waals surface area contributed by atoms with Crippen molar-refractivity contribution in [3.05, 3.63) is 96.1 Å². The Kier molecular flexibility index (Phi) is 5.86. The number of halogens is 1. The molecule has 5 heteroatoms. The van der Waals surface area contributed by atoms with Gasteiger partial charge in [-0.1, -0.05) is 42.5 Å². The summed E-state index contributed by atoms with van der Waals surface area (Å²) in [4.78, 5) is 4.78. The summed E-state index contributed by atoms with van der Waals surface area (Å²) in [5.41, 5.74) is 3.17. The number of aromatic nitrogens is 2. The first-order valence-electron chi connectivity index (χ1n) is 9.73. The van der Waals surface area contributed by atoms with Crippen LogP contribution >= 0.6 is 0 Å². The van der Waals surface area contributed by atoms with Crippen LogP contribution in [0.3, 0.4) is 0 Å². The number of aryl methyl sites for hydroxylation is 2. The second-order valence-electron chi connectivity index (χ2n) is 7.03. The standard InChI is InChI=1S/C24H23FN2O2/c25-19-11-13-21(14-12-19)29-17-20(28)16-27-23-9-5-4-8-22(23)26-24(27)15-10-18-6-2-1-3-7-18/h1-9,11-14,20,28H,10,15-17H2/t20-/m0/s1. The normalized spacial score (nSPS) is 12.2. The fraction of sp³-hybridized carbons (Fsp3) is 0.208. The average Bonchev–Trinajstić information content (AvgIpc) is 3.10. The largest absolute Gasteiger partial charge is 0.491 e. The number of aliphatic hydroxyl groups excluding tert-OH is 1. The minimum Gasteiger partial charge on any atom is -0.491 e. The van der Waals surface area contributed by atoms with Crippen molar-refractivity contribution in [2.24, 2.45) is 0 Å². The van der Waals surface area contributed by atoms with Crippen LogP contribution in [0.1, 0.15) is 11.4 Å². The third kappa shape index (κ3) is 4.81. The number of fused-ring (bicyclic) bond motifs is 1. The molecule has 148 valence electrons. The maximum absolute atomic E-state index is 13.0. The molecule has 0 fully saturated rings. The van der Waals surface area contributed by atoms with E-state index in [1.54, 1.807) is 12.1 Å². The van der Waals surface area contributed by atoms with Crippen LogP contribution in [0.4, 0.5) is 4.39 Å². The molecular formula is C24H23FN2O2. The first kappa shape index (κ1) is 19.2. The molecule has 1 atom stereocenters. The number of benzene rings is 3. The van der Waals surface area contributed by atoms with Crippen LogP contribution in [0.15, 0.2) is 78.9 Å². The molecule has 0 aliphatic rings. The fourth-order valence-electron chi connectivity index (χ4n) is 3.41. The molecule has 1 aromatic heterocycles. The van der Waals surface area contributed by atoms with Gasteiger partial charge in [0, 0.05) is 6.42 Å². The molecule has 4 nitrogen and oxygen atoms in total. The number of imidazole rings is 1. The lowest BCUT2D eigenvalue weighted by atomic mass is 10.1. The van der Waals surface area contributed by atoms with Gasteiger partial charge in [-0.2, -0.15) is 0 Å². The number of nitrogens with zero attached hydrogens (tertiary/aromatic N) is 2. The molecule has 1 heterocycles. The van der Waals surface area contributed by atoms with Gasteiger partial charge in [-0.25, -0.2) is 9.37 Å². The van der Waals surface area contributed by atoms with E-state index in [0.29, 0.717) is 12.3 Å². The fourth-order valence-corrected chi connectivity index (χ4v) is 3.41. The topological polar surface area (TPSA) is 47.3 Å². The van der Waals surface area contributed by atoms with E-state index in [1.807, 2.05) is 42.5 Å². The van der Waals surface area contributed by atoms with Gasteiger partial charge in [-0.3, -0.25) is 0 Å². The first-order valence-corrected chi connectivity index (χ1v) is 9.73. The summed E-state index contributed by atoms with van der Waals surface area (Å²) in [6.07, 6.45) is 0.949. The van der Waals surface area contributed by atoms with Crippen LogP contribution < -0.4 is 4.74 Å². The number of para-hydroxylation sites is 2. The molecule has 29 heavy (non-hydrogen) atoms. The molecule has 0 radical (unpaired) electrons. The van der Waals surface area contributed by atoms with Crippen molar-refractivity contribution in [3.63, 3.8) is 0 Å². The van der Waals surface area contributed by atoms with Crippen molar-refractivity contribution < 1.29 is 14.2 Å². The summed E-state index contributed by atoms with van der Waals surface area (Å²) in [7, 11) is 0. The number of ether oxygens (including phenoxy) is 1. The monoisotopic (exact) mass is 390 g/mol. The molecule has 0 saturated carbocycles. The highest BCUT2D eigenvalue weighted by Gasteiger charge is 2.15. The molecule has 3 aromatic carbocycles. The second kappa shape index (κ2) is 8.88. The summed E-state index contributed by atoms with van der Waals surface area (Å²) >= 11 is 0. The van der Waals surface area contributed by atoms with Gasteiger partial charge in [0.2, 0.25) is 0 Å². The minimum atomic E-state index is -0.715. The van der Waals surface area contributed by atoms with E-state index < -0.39 is 6.10 Å². The third-order valence-corrected chi connectivity index (χ3v) is 4.86. The highest BCUT2D eigenvalue weighted by Crippen LogP contribution is 2.19.